The van der Waals surface area contributed by atoms with Crippen LogP contribution in [0.15, 0.2) is 17.6 Å². The lowest BCUT2D eigenvalue weighted by molar-refractivity contribution is 0.975. The molecule has 0 amide bonds. The van der Waals surface area contributed by atoms with E-state index in [9.17, 15) is 0 Å². The zero-order chi connectivity index (χ0) is 12.3. The van der Waals surface area contributed by atoms with Crippen LogP contribution in [0.4, 0.5) is 11.5 Å². The maximum atomic E-state index is 5.65. The number of nitrogens with one attached hydrogen (secondary N) is 1. The number of nitrogen functional groups attached to an aromatic ring is 1. The number of thiazole rings is 1. The lowest BCUT2D eigenvalue weighted by Crippen LogP contribution is -2.07. The second-order valence-corrected chi connectivity index (χ2v) is 4.94. The van der Waals surface area contributed by atoms with Crippen molar-refractivity contribution in [1.29, 1.82) is 0 Å². The molecular weight excluding hydrogens is 232 g/mol. The highest BCUT2D eigenvalue weighted by atomic mass is 32.1. The largest absolute Gasteiger partial charge is 0.397 e. The van der Waals surface area contributed by atoms with Crippen LogP contribution >= 0.6 is 11.3 Å². The van der Waals surface area contributed by atoms with Gasteiger partial charge in [0.2, 0.25) is 0 Å². The second-order valence-electron chi connectivity index (χ2n) is 3.99. The van der Waals surface area contributed by atoms with E-state index in [0.717, 1.165) is 35.0 Å². The molecule has 0 saturated carbocycles. The van der Waals surface area contributed by atoms with Gasteiger partial charge in [0.05, 0.1) is 16.9 Å². The Labute approximate surface area is 105 Å². The zero-order valence-electron chi connectivity index (χ0n) is 10.0. The molecule has 2 aromatic heterocycles. The lowest BCUT2D eigenvalue weighted by Gasteiger charge is -2.07. The molecular formula is C12H16N4S. The van der Waals surface area contributed by atoms with Gasteiger partial charge in [0.25, 0.3) is 0 Å². The van der Waals surface area contributed by atoms with Gasteiger partial charge in [-0.3, -0.25) is 0 Å². The molecule has 0 aromatic carbocycles. The minimum atomic E-state index is 0.698. The van der Waals surface area contributed by atoms with Gasteiger partial charge in [0, 0.05) is 24.0 Å². The molecule has 90 valence electrons. The first-order chi connectivity index (χ1) is 8.15. The van der Waals surface area contributed by atoms with Crippen LogP contribution in [0.5, 0.6) is 0 Å². The fourth-order valence-electron chi connectivity index (χ4n) is 1.59. The first kappa shape index (κ1) is 11.9. The van der Waals surface area contributed by atoms with E-state index in [1.165, 1.54) is 0 Å². The number of anilines is 2. The van der Waals surface area contributed by atoms with Crippen molar-refractivity contribution in [2.75, 3.05) is 17.6 Å². The Morgan fingerprint density at radius 3 is 2.88 bits per heavy atom. The zero-order valence-corrected chi connectivity index (χ0v) is 10.8. The molecule has 0 aliphatic heterocycles. The summed E-state index contributed by atoms with van der Waals surface area (Å²) in [5.74, 6) is 0.896. The predicted molar refractivity (Wildman–Crippen MR) is 72.4 cm³/mol. The van der Waals surface area contributed by atoms with Crippen LogP contribution in [0, 0.1) is 13.8 Å². The van der Waals surface area contributed by atoms with Crippen molar-refractivity contribution in [1.82, 2.24) is 9.97 Å². The van der Waals surface area contributed by atoms with Gasteiger partial charge in [-0.2, -0.15) is 0 Å². The van der Waals surface area contributed by atoms with Crippen molar-refractivity contribution in [3.8, 4) is 0 Å². The molecule has 2 heterocycles. The molecule has 4 nitrogen and oxygen atoms in total. The Kier molecular flexibility index (Phi) is 3.58. The SMILES string of the molecule is Cc1csc(CCNc2ncc(N)cc2C)n1. The van der Waals surface area contributed by atoms with Crippen LogP contribution < -0.4 is 11.1 Å². The van der Waals surface area contributed by atoms with E-state index >= 15 is 0 Å². The molecule has 0 fully saturated rings. The minimum Gasteiger partial charge on any atom is -0.397 e. The summed E-state index contributed by atoms with van der Waals surface area (Å²) in [7, 11) is 0. The molecule has 17 heavy (non-hydrogen) atoms. The number of hydrogen-bond acceptors (Lipinski definition) is 5. The highest BCUT2D eigenvalue weighted by Crippen LogP contribution is 2.14. The van der Waals surface area contributed by atoms with Crippen LogP contribution in [0.1, 0.15) is 16.3 Å². The van der Waals surface area contributed by atoms with Crippen LogP contribution in [0.3, 0.4) is 0 Å². The number of pyridine rings is 1. The van der Waals surface area contributed by atoms with Crippen LogP contribution in [-0.2, 0) is 6.42 Å². The smallest absolute Gasteiger partial charge is 0.129 e. The van der Waals surface area contributed by atoms with Crippen molar-refractivity contribution in [3.05, 3.63) is 33.9 Å². The number of aromatic nitrogens is 2. The summed E-state index contributed by atoms with van der Waals surface area (Å²) in [5.41, 5.74) is 8.51. The Bertz CT molecular complexity index is 507. The molecule has 0 aliphatic rings. The summed E-state index contributed by atoms with van der Waals surface area (Å²) in [6.07, 6.45) is 2.59. The summed E-state index contributed by atoms with van der Waals surface area (Å²) < 4.78 is 0. The second kappa shape index (κ2) is 5.14. The molecule has 0 unspecified atom stereocenters. The standard InChI is InChI=1S/C12H16N4S/c1-8-5-10(13)6-15-12(8)14-4-3-11-16-9(2)7-17-11/h5-7H,3-4,13H2,1-2H3,(H,14,15). The quantitative estimate of drug-likeness (QED) is 0.872. The number of aryl methyl sites for hydroxylation is 2. The van der Waals surface area contributed by atoms with Gasteiger partial charge in [-0.15, -0.1) is 11.3 Å². The highest BCUT2D eigenvalue weighted by Gasteiger charge is 2.01. The fraction of sp³-hybridized carbons (Fsp3) is 0.333. The van der Waals surface area contributed by atoms with E-state index in [-0.39, 0.29) is 0 Å². The Morgan fingerprint density at radius 1 is 1.41 bits per heavy atom. The number of rotatable bonds is 4. The molecule has 5 heteroatoms. The van der Waals surface area contributed by atoms with E-state index in [1.807, 2.05) is 19.9 Å². The van der Waals surface area contributed by atoms with E-state index in [2.05, 4.69) is 20.7 Å². The lowest BCUT2D eigenvalue weighted by atomic mass is 10.2. The monoisotopic (exact) mass is 248 g/mol. The van der Waals surface area contributed by atoms with Gasteiger partial charge in [0.15, 0.2) is 0 Å². The summed E-state index contributed by atoms with van der Waals surface area (Å²) in [4.78, 5) is 8.68. The van der Waals surface area contributed by atoms with Gasteiger partial charge in [0.1, 0.15) is 5.82 Å². The third-order valence-corrected chi connectivity index (χ3v) is 3.42. The maximum Gasteiger partial charge on any atom is 0.129 e. The van der Waals surface area contributed by atoms with E-state index in [1.54, 1.807) is 17.5 Å². The molecule has 2 rings (SSSR count). The van der Waals surface area contributed by atoms with E-state index in [0.29, 0.717) is 5.69 Å². The predicted octanol–water partition coefficient (Wildman–Crippen LogP) is 2.39. The molecule has 0 atom stereocenters. The van der Waals surface area contributed by atoms with Crippen LogP contribution in [0.25, 0.3) is 0 Å². The molecule has 2 aromatic rings. The van der Waals surface area contributed by atoms with Crippen molar-refractivity contribution in [2.45, 2.75) is 20.3 Å². The summed E-state index contributed by atoms with van der Waals surface area (Å²) in [5, 5.41) is 6.53. The topological polar surface area (TPSA) is 63.8 Å². The first-order valence-electron chi connectivity index (χ1n) is 5.52. The third kappa shape index (κ3) is 3.17. The summed E-state index contributed by atoms with van der Waals surface area (Å²) in [6.45, 7) is 4.85. The van der Waals surface area contributed by atoms with E-state index in [4.69, 9.17) is 5.73 Å². The normalized spacial score (nSPS) is 10.5. The molecule has 3 N–H and O–H groups in total. The van der Waals surface area contributed by atoms with Crippen LogP contribution in [-0.4, -0.2) is 16.5 Å². The number of nitrogens with two attached hydrogens (primary N) is 1. The molecule has 0 radical (unpaired) electrons. The highest BCUT2D eigenvalue weighted by molar-refractivity contribution is 7.09. The first-order valence-corrected chi connectivity index (χ1v) is 6.40. The molecule has 0 aliphatic carbocycles. The van der Waals surface area contributed by atoms with Crippen LogP contribution in [0.2, 0.25) is 0 Å². The average molecular weight is 248 g/mol. The molecule has 0 bridgehead atoms. The Balaban J connectivity index is 1.90. The van der Waals surface area contributed by atoms with Gasteiger partial charge in [-0.1, -0.05) is 0 Å². The Hall–Kier alpha value is -1.62. The minimum absolute atomic E-state index is 0.698. The maximum absolute atomic E-state index is 5.65. The molecule has 0 spiro atoms. The number of nitrogens with zero attached hydrogens (tertiary/aromatic N) is 2. The van der Waals surface area contributed by atoms with E-state index < -0.39 is 0 Å². The van der Waals surface area contributed by atoms with Crippen molar-refractivity contribution in [2.24, 2.45) is 0 Å². The van der Waals surface area contributed by atoms with Gasteiger partial charge >= 0.3 is 0 Å². The van der Waals surface area contributed by atoms with Crippen molar-refractivity contribution < 1.29 is 0 Å². The van der Waals surface area contributed by atoms with Gasteiger partial charge < -0.3 is 11.1 Å². The Morgan fingerprint density at radius 2 is 2.24 bits per heavy atom. The van der Waals surface area contributed by atoms with Gasteiger partial charge in [-0.05, 0) is 25.5 Å². The van der Waals surface area contributed by atoms with Crippen molar-refractivity contribution in [3.63, 3.8) is 0 Å². The molecule has 0 saturated heterocycles. The summed E-state index contributed by atoms with van der Waals surface area (Å²) in [6, 6.07) is 1.92. The van der Waals surface area contributed by atoms with Gasteiger partial charge in [-0.25, -0.2) is 9.97 Å². The number of hydrogen-bond donors (Lipinski definition) is 2. The average Bonchev–Trinajstić information content (AvgIpc) is 2.68. The third-order valence-electron chi connectivity index (χ3n) is 2.40. The van der Waals surface area contributed by atoms with Crippen molar-refractivity contribution >= 4 is 22.8 Å². The fourth-order valence-corrected chi connectivity index (χ4v) is 2.36. The summed E-state index contributed by atoms with van der Waals surface area (Å²) >= 11 is 1.70.